The summed E-state index contributed by atoms with van der Waals surface area (Å²) in [6.07, 6.45) is 1.75. The number of aromatic amines is 1. The highest BCUT2D eigenvalue weighted by Crippen LogP contribution is 2.29. The first kappa shape index (κ1) is 20.3. The Balaban J connectivity index is 1.50. The predicted molar refractivity (Wildman–Crippen MR) is 121 cm³/mol. The smallest absolute Gasteiger partial charge is 0.269 e. The normalized spacial score (nSPS) is 11.3. The number of nitro groups is 1. The van der Waals surface area contributed by atoms with Crippen LogP contribution in [0.25, 0.3) is 22.7 Å². The molecule has 0 spiro atoms. The van der Waals surface area contributed by atoms with E-state index in [1.807, 2.05) is 36.4 Å². The van der Waals surface area contributed by atoms with Crippen LogP contribution in [0, 0.1) is 21.4 Å². The number of non-ortho nitro benzene ring substituents is 1. The number of nitro benzene ring substituents is 1. The van der Waals surface area contributed by atoms with E-state index in [4.69, 9.17) is 4.74 Å². The van der Waals surface area contributed by atoms with Crippen LogP contribution < -0.4 is 4.74 Å². The number of nitrogens with zero attached hydrogens (tertiary/aromatic N) is 3. The number of rotatable bonds is 6. The Morgan fingerprint density at radius 1 is 1.19 bits per heavy atom. The molecule has 0 saturated carbocycles. The summed E-state index contributed by atoms with van der Waals surface area (Å²) in [5.74, 6) is 1.14. The molecule has 0 amide bonds. The van der Waals surface area contributed by atoms with Gasteiger partial charge in [0, 0.05) is 12.1 Å². The van der Waals surface area contributed by atoms with E-state index in [0.717, 1.165) is 26.6 Å². The Morgan fingerprint density at radius 2 is 1.97 bits per heavy atom. The number of nitriles is 1. The van der Waals surface area contributed by atoms with Crippen molar-refractivity contribution in [2.75, 3.05) is 0 Å². The van der Waals surface area contributed by atoms with Gasteiger partial charge >= 0.3 is 0 Å². The Bertz CT molecular complexity index is 1300. The first-order chi connectivity index (χ1) is 15.0. The van der Waals surface area contributed by atoms with E-state index < -0.39 is 4.92 Å². The lowest BCUT2D eigenvalue weighted by atomic mass is 10.1. The van der Waals surface area contributed by atoms with Crippen molar-refractivity contribution in [2.24, 2.45) is 0 Å². The minimum absolute atomic E-state index is 0.0406. The minimum Gasteiger partial charge on any atom is -0.488 e. The van der Waals surface area contributed by atoms with E-state index in [-0.39, 0.29) is 12.3 Å². The lowest BCUT2D eigenvalue weighted by Crippen LogP contribution is -1.97. The molecule has 0 fully saturated rings. The molecule has 0 atom stereocenters. The average molecular weight is 475 g/mol. The van der Waals surface area contributed by atoms with E-state index in [2.05, 4.69) is 32.0 Å². The first-order valence-corrected chi connectivity index (χ1v) is 10.1. The zero-order valence-corrected chi connectivity index (χ0v) is 17.7. The summed E-state index contributed by atoms with van der Waals surface area (Å²) >= 11 is 3.50. The Morgan fingerprint density at radius 3 is 2.65 bits per heavy atom. The molecule has 7 nitrogen and oxygen atoms in total. The lowest BCUT2D eigenvalue weighted by molar-refractivity contribution is -0.384. The van der Waals surface area contributed by atoms with Crippen LogP contribution >= 0.6 is 15.9 Å². The third kappa shape index (κ3) is 4.63. The number of aromatic nitrogens is 2. The number of allylic oxidation sites excluding steroid dienone is 1. The second kappa shape index (κ2) is 8.81. The molecule has 3 aromatic carbocycles. The Kier molecular flexibility index (Phi) is 5.78. The van der Waals surface area contributed by atoms with E-state index in [0.29, 0.717) is 17.1 Å². The molecule has 31 heavy (non-hydrogen) atoms. The number of H-pyrrole nitrogens is 1. The van der Waals surface area contributed by atoms with Crippen LogP contribution in [0.5, 0.6) is 5.75 Å². The van der Waals surface area contributed by atoms with Gasteiger partial charge in [-0.2, -0.15) is 5.26 Å². The number of nitrogens with one attached hydrogen (secondary N) is 1. The molecular weight excluding hydrogens is 460 g/mol. The second-order valence-corrected chi connectivity index (χ2v) is 7.53. The number of imidazole rings is 1. The Hall–Kier alpha value is -3.96. The fourth-order valence-electron chi connectivity index (χ4n) is 3.00. The van der Waals surface area contributed by atoms with E-state index in [1.54, 1.807) is 24.3 Å². The summed E-state index contributed by atoms with van der Waals surface area (Å²) < 4.78 is 6.54. The molecule has 8 heteroatoms. The quantitative estimate of drug-likeness (QED) is 0.213. The van der Waals surface area contributed by atoms with Gasteiger partial charge in [-0.25, -0.2) is 4.98 Å². The SMILES string of the molecule is N#C/C(=C/c1ccc(OCc2ccc([N+](=O)[O-])cc2)c(Br)c1)c1nc2ccccc2[nH]1. The van der Waals surface area contributed by atoms with Crippen molar-refractivity contribution in [3.63, 3.8) is 0 Å². The van der Waals surface area contributed by atoms with E-state index in [1.165, 1.54) is 12.1 Å². The lowest BCUT2D eigenvalue weighted by Gasteiger charge is -2.09. The van der Waals surface area contributed by atoms with Gasteiger partial charge in [0.25, 0.3) is 5.69 Å². The third-order valence-corrected chi connectivity index (χ3v) is 5.19. The number of benzene rings is 3. The van der Waals surface area contributed by atoms with E-state index in [9.17, 15) is 15.4 Å². The largest absolute Gasteiger partial charge is 0.488 e. The van der Waals surface area contributed by atoms with Crippen molar-refractivity contribution in [3.8, 4) is 11.8 Å². The molecule has 152 valence electrons. The van der Waals surface area contributed by atoms with Crippen molar-refractivity contribution < 1.29 is 9.66 Å². The molecule has 1 heterocycles. The van der Waals surface area contributed by atoms with Gasteiger partial charge in [0.1, 0.15) is 24.3 Å². The standard InChI is InChI=1S/C23H15BrN4O3/c24-19-12-16(11-17(13-25)23-26-20-3-1-2-4-21(20)27-23)7-10-22(19)31-14-15-5-8-18(9-6-15)28(29)30/h1-12H,14H2,(H,26,27)/b17-11-. The van der Waals surface area contributed by atoms with Crippen LogP contribution in [-0.4, -0.2) is 14.9 Å². The molecule has 4 rings (SSSR count). The fourth-order valence-corrected chi connectivity index (χ4v) is 3.51. The van der Waals surface area contributed by atoms with Gasteiger partial charge in [-0.3, -0.25) is 10.1 Å². The van der Waals surface area contributed by atoms with Gasteiger partial charge in [-0.15, -0.1) is 0 Å². The maximum Gasteiger partial charge on any atom is 0.269 e. The van der Waals surface area contributed by atoms with Crippen molar-refractivity contribution in [2.45, 2.75) is 6.61 Å². The van der Waals surface area contributed by atoms with Crippen LogP contribution in [0.15, 0.2) is 71.2 Å². The number of halogens is 1. The second-order valence-electron chi connectivity index (χ2n) is 6.67. The monoisotopic (exact) mass is 474 g/mol. The fraction of sp³-hybridized carbons (Fsp3) is 0.0435. The minimum atomic E-state index is -0.436. The van der Waals surface area contributed by atoms with Crippen molar-refractivity contribution in [1.29, 1.82) is 5.26 Å². The van der Waals surface area contributed by atoms with Gasteiger partial charge in [0.15, 0.2) is 0 Å². The topological polar surface area (TPSA) is 105 Å². The highest BCUT2D eigenvalue weighted by atomic mass is 79.9. The Labute approximate surface area is 185 Å². The average Bonchev–Trinajstić information content (AvgIpc) is 3.21. The molecule has 0 aliphatic carbocycles. The van der Waals surface area contributed by atoms with Gasteiger partial charge in [-0.05, 0) is 69.5 Å². The summed E-state index contributed by atoms with van der Waals surface area (Å²) in [6, 6.07) is 21.5. The summed E-state index contributed by atoms with van der Waals surface area (Å²) in [6.45, 7) is 0.272. The number of ether oxygens (including phenoxy) is 1. The molecule has 4 aromatic rings. The summed E-state index contributed by atoms with van der Waals surface area (Å²) in [7, 11) is 0. The molecule has 1 aromatic heterocycles. The predicted octanol–water partition coefficient (Wildman–Crippen LogP) is 5.88. The molecule has 0 unspecified atom stereocenters. The highest BCUT2D eigenvalue weighted by Gasteiger charge is 2.09. The van der Waals surface area contributed by atoms with Crippen LogP contribution in [0.2, 0.25) is 0 Å². The van der Waals surface area contributed by atoms with Crippen molar-refractivity contribution in [3.05, 3.63) is 98.3 Å². The highest BCUT2D eigenvalue weighted by molar-refractivity contribution is 9.10. The summed E-state index contributed by atoms with van der Waals surface area (Å²) in [5, 5.41) is 20.3. The molecular formula is C23H15BrN4O3. The molecule has 0 aliphatic heterocycles. The third-order valence-electron chi connectivity index (χ3n) is 4.57. The van der Waals surface area contributed by atoms with Crippen LogP contribution in [0.1, 0.15) is 17.0 Å². The van der Waals surface area contributed by atoms with Gasteiger partial charge in [0.2, 0.25) is 0 Å². The molecule has 0 saturated heterocycles. The zero-order valence-electron chi connectivity index (χ0n) is 16.1. The number of hydrogen-bond donors (Lipinski definition) is 1. The molecule has 1 N–H and O–H groups in total. The van der Waals surface area contributed by atoms with E-state index >= 15 is 0 Å². The van der Waals surface area contributed by atoms with Gasteiger partial charge in [0.05, 0.1) is 26.0 Å². The molecule has 0 radical (unpaired) electrons. The van der Waals surface area contributed by atoms with Gasteiger partial charge < -0.3 is 9.72 Å². The first-order valence-electron chi connectivity index (χ1n) is 9.26. The zero-order chi connectivity index (χ0) is 21.8. The number of hydrogen-bond acceptors (Lipinski definition) is 5. The van der Waals surface area contributed by atoms with Crippen LogP contribution in [-0.2, 0) is 6.61 Å². The molecule has 0 bridgehead atoms. The maximum atomic E-state index is 10.7. The summed E-state index contributed by atoms with van der Waals surface area (Å²) in [4.78, 5) is 17.9. The number of para-hydroxylation sites is 2. The van der Waals surface area contributed by atoms with Crippen molar-refractivity contribution in [1.82, 2.24) is 9.97 Å². The molecule has 0 aliphatic rings. The van der Waals surface area contributed by atoms with Crippen molar-refractivity contribution >= 4 is 44.3 Å². The number of fused-ring (bicyclic) bond motifs is 1. The van der Waals surface area contributed by atoms with Crippen LogP contribution in [0.3, 0.4) is 0 Å². The van der Waals surface area contributed by atoms with Crippen LogP contribution in [0.4, 0.5) is 5.69 Å². The maximum absolute atomic E-state index is 10.7. The van der Waals surface area contributed by atoms with Gasteiger partial charge in [-0.1, -0.05) is 18.2 Å². The summed E-state index contributed by atoms with van der Waals surface area (Å²) in [5.41, 5.74) is 3.76.